The molecule has 0 atom stereocenters. The average Bonchev–Trinajstić information content (AvgIpc) is 1.90. The summed E-state index contributed by atoms with van der Waals surface area (Å²) in [4.78, 5) is 0. The van der Waals surface area contributed by atoms with E-state index in [9.17, 15) is 6.51 Å². The predicted molar refractivity (Wildman–Crippen MR) is 28.3 cm³/mol. The summed E-state index contributed by atoms with van der Waals surface area (Å²) in [5, 5.41) is 0. The maximum absolute atomic E-state index is 11.9. The number of benzene rings is 1. The summed E-state index contributed by atoms with van der Waals surface area (Å²) in [5.41, 5.74) is 0. The van der Waals surface area contributed by atoms with Crippen LogP contribution >= 0.6 is 0 Å². The first-order chi connectivity index (χ1) is 4.30. The van der Waals surface area contributed by atoms with Crippen molar-refractivity contribution in [3.63, 3.8) is 0 Å². The molecule has 0 fully saturated rings. The van der Waals surface area contributed by atoms with Gasteiger partial charge in [0.15, 0.2) is 0 Å². The molecule has 0 amide bonds. The van der Waals surface area contributed by atoms with Gasteiger partial charge in [-0.05, 0) is 0 Å². The van der Waals surface area contributed by atoms with Crippen LogP contribution in [0.2, 0.25) is 0 Å². The van der Waals surface area contributed by atoms with Gasteiger partial charge in [0.2, 0.25) is 0 Å². The summed E-state index contributed by atoms with van der Waals surface area (Å²) in [5.74, 6) is 0. The third-order valence-electron chi connectivity index (χ3n) is 0.864. The van der Waals surface area contributed by atoms with Crippen LogP contribution in [-0.4, -0.2) is 0 Å². The fourth-order valence-corrected chi connectivity index (χ4v) is 1.55. The number of rotatable bonds is 1. The molecule has 1 aromatic rings. The Balaban J connectivity index is 2.85. The van der Waals surface area contributed by atoms with Crippen LogP contribution in [0.1, 0.15) is 0 Å². The quantitative estimate of drug-likeness (QED) is 0.741. The zero-order chi connectivity index (χ0) is 6.69. The topological polar surface area (TPSA) is 0 Å². The van der Waals surface area contributed by atoms with Gasteiger partial charge in [-0.25, -0.2) is 0 Å². The Bertz CT molecular complexity index is 174. The van der Waals surface area contributed by atoms with Crippen LogP contribution in [0.25, 0.3) is 0 Å². The Labute approximate surface area is 58.9 Å². The molecular formula is C6H5F2Ir. The molecule has 0 nitrogen and oxygen atoms in total. The Morgan fingerprint density at radius 2 is 1.56 bits per heavy atom. The summed E-state index contributed by atoms with van der Waals surface area (Å²) in [6.07, 6.45) is 0. The Kier molecular flexibility index (Phi) is 2.31. The molecule has 0 heterocycles. The summed E-state index contributed by atoms with van der Waals surface area (Å²) in [6.45, 7) is 0. The van der Waals surface area contributed by atoms with E-state index in [0.29, 0.717) is 0 Å². The normalized spacial score (nSPS) is 11.1. The maximum atomic E-state index is 11.9. The molecule has 52 valence electrons. The average molecular weight is 307 g/mol. The Morgan fingerprint density at radius 1 is 1.00 bits per heavy atom. The van der Waals surface area contributed by atoms with Gasteiger partial charge in [-0.15, -0.1) is 0 Å². The molecule has 9 heavy (non-hydrogen) atoms. The number of hydrogen-bond acceptors (Lipinski definition) is 0. The number of halogens is 2. The monoisotopic (exact) mass is 308 g/mol. The summed E-state index contributed by atoms with van der Waals surface area (Å²) in [6, 6.07) is 7.98. The van der Waals surface area contributed by atoms with Gasteiger partial charge in [0, 0.05) is 0 Å². The molecule has 1 aromatic carbocycles. The second kappa shape index (κ2) is 3.04. The minimum absolute atomic E-state index is 0.248. The van der Waals surface area contributed by atoms with Gasteiger partial charge in [-0.3, -0.25) is 0 Å². The van der Waals surface area contributed by atoms with Gasteiger partial charge in [-0.2, -0.15) is 0 Å². The second-order valence-electron chi connectivity index (χ2n) is 1.44. The van der Waals surface area contributed by atoms with Crippen molar-refractivity contribution < 1.29 is 24.0 Å². The molecule has 0 aliphatic heterocycles. The van der Waals surface area contributed by atoms with Crippen LogP contribution in [0.3, 0.4) is 0 Å². The fraction of sp³-hybridized carbons (Fsp3) is 0. The van der Waals surface area contributed by atoms with Gasteiger partial charge in [0.25, 0.3) is 0 Å². The van der Waals surface area contributed by atoms with Gasteiger partial charge in [-0.1, -0.05) is 0 Å². The van der Waals surface area contributed by atoms with Crippen LogP contribution in [0.4, 0.5) is 6.51 Å². The Morgan fingerprint density at radius 3 is 1.89 bits per heavy atom. The Hall–Kier alpha value is -0.271. The minimum atomic E-state index is -3.77. The summed E-state index contributed by atoms with van der Waals surface area (Å²) in [7, 11) is 0. The fourth-order valence-electron chi connectivity index (χ4n) is 0.490. The van der Waals surface area contributed by atoms with E-state index in [0.717, 1.165) is 0 Å². The zero-order valence-corrected chi connectivity index (χ0v) is 6.87. The molecule has 0 aromatic heterocycles. The standard InChI is InChI=1S/C6H5.2FH.Ir/c1-2-4-6-5-3-1;;;/h1-5H;2*1H;/q;;;+2/p-2. The molecule has 0 N–H and O–H groups in total. The molecule has 0 unspecified atom stereocenters. The van der Waals surface area contributed by atoms with Crippen molar-refractivity contribution in [3.8, 4) is 0 Å². The molecular weight excluding hydrogens is 302 g/mol. The van der Waals surface area contributed by atoms with Gasteiger partial charge in [0.1, 0.15) is 0 Å². The first kappa shape index (κ1) is 6.84. The van der Waals surface area contributed by atoms with E-state index in [1.165, 1.54) is 12.1 Å². The van der Waals surface area contributed by atoms with Crippen molar-refractivity contribution >= 4 is 4.08 Å². The molecule has 0 spiro atoms. The molecule has 0 radical (unpaired) electrons. The second-order valence-corrected chi connectivity index (χ2v) is 4.07. The van der Waals surface area contributed by atoms with Crippen molar-refractivity contribution in [2.75, 3.05) is 0 Å². The van der Waals surface area contributed by atoms with Gasteiger partial charge in [0.05, 0.1) is 0 Å². The number of hydrogen-bond donors (Lipinski definition) is 0. The van der Waals surface area contributed by atoms with Crippen LogP contribution in [0.5, 0.6) is 0 Å². The van der Waals surface area contributed by atoms with Crippen molar-refractivity contribution in [1.82, 2.24) is 0 Å². The molecule has 0 bridgehead atoms. The van der Waals surface area contributed by atoms with Crippen molar-refractivity contribution in [3.05, 3.63) is 30.3 Å². The van der Waals surface area contributed by atoms with E-state index >= 15 is 0 Å². The van der Waals surface area contributed by atoms with Crippen molar-refractivity contribution in [2.24, 2.45) is 0 Å². The van der Waals surface area contributed by atoms with Gasteiger partial charge >= 0.3 is 58.4 Å². The first-order valence-electron chi connectivity index (χ1n) is 2.33. The van der Waals surface area contributed by atoms with Crippen LogP contribution in [-0.2, 0) is 17.5 Å². The van der Waals surface area contributed by atoms with E-state index in [-0.39, 0.29) is 4.08 Å². The van der Waals surface area contributed by atoms with Crippen LogP contribution in [0, 0.1) is 0 Å². The van der Waals surface area contributed by atoms with E-state index < -0.39 is 17.5 Å². The SMILES string of the molecule is [F][Ir]([F])[c]1ccccc1. The molecule has 0 aliphatic carbocycles. The van der Waals surface area contributed by atoms with E-state index in [2.05, 4.69) is 0 Å². The molecule has 0 aliphatic rings. The third-order valence-corrected chi connectivity index (χ3v) is 2.71. The third kappa shape index (κ3) is 1.84. The van der Waals surface area contributed by atoms with Crippen LogP contribution < -0.4 is 4.08 Å². The van der Waals surface area contributed by atoms with E-state index in [1.54, 1.807) is 18.2 Å². The summed E-state index contributed by atoms with van der Waals surface area (Å²) >= 11 is -3.77. The van der Waals surface area contributed by atoms with E-state index in [1.807, 2.05) is 0 Å². The van der Waals surface area contributed by atoms with Crippen LogP contribution in [0.15, 0.2) is 30.3 Å². The molecule has 3 heteroatoms. The molecule has 0 saturated carbocycles. The summed E-state index contributed by atoms with van der Waals surface area (Å²) < 4.78 is 24.1. The van der Waals surface area contributed by atoms with Crippen molar-refractivity contribution in [1.29, 1.82) is 0 Å². The van der Waals surface area contributed by atoms with Gasteiger partial charge < -0.3 is 0 Å². The van der Waals surface area contributed by atoms with E-state index in [4.69, 9.17) is 0 Å². The zero-order valence-electron chi connectivity index (χ0n) is 4.48. The molecule has 1 rings (SSSR count). The predicted octanol–water partition coefficient (Wildman–Crippen LogP) is 1.70. The first-order valence-corrected chi connectivity index (χ1v) is 5.34. The van der Waals surface area contributed by atoms with Crippen molar-refractivity contribution in [2.45, 2.75) is 0 Å². The molecule has 0 saturated heterocycles.